The van der Waals surface area contributed by atoms with Gasteiger partial charge in [0.15, 0.2) is 5.96 Å². The molecular weight excluding hydrogens is 594 g/mol. The van der Waals surface area contributed by atoms with Gasteiger partial charge in [-0.25, -0.2) is 4.79 Å². The van der Waals surface area contributed by atoms with Crippen molar-refractivity contribution in [2.24, 2.45) is 17.2 Å². The lowest BCUT2D eigenvalue weighted by atomic mass is 10.0. The highest BCUT2D eigenvalue weighted by Gasteiger charge is 2.31. The minimum absolute atomic E-state index is 0.0584. The molecule has 4 atom stereocenters. The van der Waals surface area contributed by atoms with E-state index in [0.717, 1.165) is 0 Å². The van der Waals surface area contributed by atoms with Gasteiger partial charge in [-0.05, 0) is 56.3 Å². The van der Waals surface area contributed by atoms with Crippen LogP contribution in [0.4, 0.5) is 0 Å². The Morgan fingerprint density at radius 2 is 1.42 bits per heavy atom. The number of nitrogens with two attached hydrogens (primary N) is 3. The van der Waals surface area contributed by atoms with Gasteiger partial charge in [-0.1, -0.05) is 12.1 Å². The molecule has 0 fully saturated rings. The number of rotatable bonds is 21. The zero-order valence-corrected chi connectivity index (χ0v) is 24.7. The van der Waals surface area contributed by atoms with Crippen LogP contribution in [0.3, 0.4) is 0 Å². The average molecular weight is 638 g/mol. The molecule has 0 spiro atoms. The number of nitrogens with one attached hydrogen (secondary N) is 6. The summed E-state index contributed by atoms with van der Waals surface area (Å²) in [5.74, 6) is -6.58. The number of phenolic OH excluding ortho intramolecular Hbond substituents is 1. The van der Waals surface area contributed by atoms with E-state index in [9.17, 15) is 44.1 Å². The molecule has 1 rings (SSSR count). The Morgan fingerprint density at radius 1 is 0.800 bits per heavy atom. The van der Waals surface area contributed by atoms with Gasteiger partial charge in [0.2, 0.25) is 23.6 Å². The molecule has 18 nitrogen and oxygen atoms in total. The van der Waals surface area contributed by atoms with E-state index < -0.39 is 72.7 Å². The smallest absolute Gasteiger partial charge is 0.326 e. The normalized spacial score (nSPS) is 13.3. The predicted octanol–water partition coefficient (Wildman–Crippen LogP) is -3.22. The van der Waals surface area contributed by atoms with Gasteiger partial charge in [-0.15, -0.1) is 0 Å². The Hall–Kier alpha value is -4.97. The molecule has 250 valence electrons. The third-order valence-electron chi connectivity index (χ3n) is 6.37. The van der Waals surface area contributed by atoms with E-state index >= 15 is 0 Å². The van der Waals surface area contributed by atoms with Gasteiger partial charge >= 0.3 is 11.9 Å². The number of carboxylic acids is 2. The molecule has 15 N–H and O–H groups in total. The van der Waals surface area contributed by atoms with Gasteiger partial charge in [0.05, 0.1) is 19.0 Å². The molecule has 0 radical (unpaired) electrons. The summed E-state index contributed by atoms with van der Waals surface area (Å²) in [6.07, 6.45) is 0.567. The van der Waals surface area contributed by atoms with Crippen molar-refractivity contribution >= 4 is 41.5 Å². The minimum Gasteiger partial charge on any atom is -0.508 e. The van der Waals surface area contributed by atoms with E-state index in [1.165, 1.54) is 24.3 Å². The number of hydrogen-bond acceptors (Lipinski definition) is 10. The number of unbranched alkanes of at least 4 members (excludes halogenated alkanes) is 1. The lowest BCUT2D eigenvalue weighted by Crippen LogP contribution is -2.57. The summed E-state index contributed by atoms with van der Waals surface area (Å²) in [7, 11) is 0. The van der Waals surface area contributed by atoms with Crippen LogP contribution < -0.4 is 43.8 Å². The van der Waals surface area contributed by atoms with Crippen molar-refractivity contribution in [3.8, 4) is 5.75 Å². The van der Waals surface area contributed by atoms with Gasteiger partial charge < -0.3 is 59.1 Å². The lowest BCUT2D eigenvalue weighted by Gasteiger charge is -2.24. The number of hydrogen-bond donors (Lipinski definition) is 12. The Bertz CT molecular complexity index is 1180. The van der Waals surface area contributed by atoms with Gasteiger partial charge in [0.25, 0.3) is 0 Å². The largest absolute Gasteiger partial charge is 0.508 e. The molecule has 1 aromatic rings. The van der Waals surface area contributed by atoms with Crippen molar-refractivity contribution in [1.29, 1.82) is 5.41 Å². The van der Waals surface area contributed by atoms with Crippen LogP contribution in [0.2, 0.25) is 0 Å². The van der Waals surface area contributed by atoms with E-state index in [4.69, 9.17) is 22.6 Å². The van der Waals surface area contributed by atoms with Gasteiger partial charge in [-0.3, -0.25) is 29.4 Å². The fourth-order valence-electron chi connectivity index (χ4n) is 3.98. The maximum absolute atomic E-state index is 13.2. The molecule has 0 aliphatic heterocycles. The van der Waals surface area contributed by atoms with Crippen LogP contribution in [-0.4, -0.2) is 101 Å². The Balaban J connectivity index is 2.97. The van der Waals surface area contributed by atoms with Crippen LogP contribution in [0.15, 0.2) is 24.3 Å². The molecular formula is C27H43N9O9. The second-order valence-corrected chi connectivity index (χ2v) is 10.1. The number of carbonyl (C=O) groups excluding carboxylic acids is 4. The molecule has 1 aromatic carbocycles. The summed E-state index contributed by atoms with van der Waals surface area (Å²) >= 11 is 0. The number of carbonyl (C=O) groups is 6. The number of carboxylic acid groups (broad SMARTS) is 2. The molecule has 0 heterocycles. The first-order valence-electron chi connectivity index (χ1n) is 14.2. The van der Waals surface area contributed by atoms with Crippen LogP contribution in [0.5, 0.6) is 5.75 Å². The van der Waals surface area contributed by atoms with Gasteiger partial charge in [0.1, 0.15) is 23.9 Å². The topological polar surface area (TPSA) is 325 Å². The summed E-state index contributed by atoms with van der Waals surface area (Å²) in [4.78, 5) is 74.3. The fourth-order valence-corrected chi connectivity index (χ4v) is 3.98. The Labute approximate surface area is 259 Å². The number of phenols is 1. The number of guanidine groups is 1. The average Bonchev–Trinajstić information content (AvgIpc) is 2.97. The maximum Gasteiger partial charge on any atom is 0.326 e. The number of aliphatic carboxylic acids is 2. The third kappa shape index (κ3) is 15.9. The van der Waals surface area contributed by atoms with Gasteiger partial charge in [0, 0.05) is 13.0 Å². The standard InChI is InChI=1S/C27H43N9O9/c28-10-2-1-5-18(26(44)45)35-24(42)19(12-15-6-8-16(37)9-7-15)36-25(43)20(13-22(39)40)34-21(38)14-33-23(41)17(29)4-3-11-32-27(30)31/h6-9,17-20,37H,1-5,10-14,28-29H2,(H,33,41)(H,34,38)(H,35,42)(H,36,43)(H,39,40)(H,44,45)(H4,30,31,32)/t17-,18-,19+,20-/m0/s1. The molecule has 45 heavy (non-hydrogen) atoms. The van der Waals surface area contributed by atoms with E-state index in [1.807, 2.05) is 0 Å². The van der Waals surface area contributed by atoms with E-state index in [1.54, 1.807) is 0 Å². The van der Waals surface area contributed by atoms with Crippen LogP contribution >= 0.6 is 0 Å². The van der Waals surface area contributed by atoms with Crippen LogP contribution in [0.1, 0.15) is 44.1 Å². The van der Waals surface area contributed by atoms with E-state index in [-0.39, 0.29) is 31.0 Å². The first kappa shape index (κ1) is 38.1. The third-order valence-corrected chi connectivity index (χ3v) is 6.37. The van der Waals surface area contributed by atoms with E-state index in [0.29, 0.717) is 37.9 Å². The summed E-state index contributed by atoms with van der Waals surface area (Å²) in [6, 6.07) is 0.274. The molecule has 0 aromatic heterocycles. The minimum atomic E-state index is -1.67. The second-order valence-electron chi connectivity index (χ2n) is 10.1. The van der Waals surface area contributed by atoms with Crippen LogP contribution in [0, 0.1) is 5.41 Å². The molecule has 0 aliphatic carbocycles. The molecule has 4 amide bonds. The lowest BCUT2D eigenvalue weighted by molar-refractivity contribution is -0.143. The summed E-state index contributed by atoms with van der Waals surface area (Å²) in [5.41, 5.74) is 16.9. The van der Waals surface area contributed by atoms with Crippen LogP contribution in [0.25, 0.3) is 0 Å². The summed E-state index contributed by atoms with van der Waals surface area (Å²) < 4.78 is 0. The first-order valence-corrected chi connectivity index (χ1v) is 14.2. The Morgan fingerprint density at radius 3 is 2.00 bits per heavy atom. The zero-order valence-electron chi connectivity index (χ0n) is 24.7. The van der Waals surface area contributed by atoms with Crippen molar-refractivity contribution in [2.45, 2.75) is 69.1 Å². The highest BCUT2D eigenvalue weighted by Crippen LogP contribution is 2.12. The fraction of sp³-hybridized carbons (Fsp3) is 0.519. The summed E-state index contributed by atoms with van der Waals surface area (Å²) in [6.45, 7) is -0.00510. The Kier molecular flexibility index (Phi) is 17.0. The number of aromatic hydroxyl groups is 1. The van der Waals surface area contributed by atoms with Crippen molar-refractivity contribution in [1.82, 2.24) is 26.6 Å². The predicted molar refractivity (Wildman–Crippen MR) is 161 cm³/mol. The van der Waals surface area contributed by atoms with Crippen molar-refractivity contribution in [3.05, 3.63) is 29.8 Å². The zero-order chi connectivity index (χ0) is 33.9. The number of benzene rings is 1. The van der Waals surface area contributed by atoms with Gasteiger partial charge in [-0.2, -0.15) is 0 Å². The SMILES string of the molecule is N=C(N)NCCC[C@H](N)C(=O)NCC(=O)N[C@@H](CC(=O)O)C(=O)N[C@H](Cc1ccc(O)cc1)C(=O)N[C@@H](CCCCN)C(=O)O. The van der Waals surface area contributed by atoms with Crippen molar-refractivity contribution in [2.75, 3.05) is 19.6 Å². The molecule has 18 heteroatoms. The highest BCUT2D eigenvalue weighted by atomic mass is 16.4. The quantitative estimate of drug-likeness (QED) is 0.0359. The van der Waals surface area contributed by atoms with E-state index in [2.05, 4.69) is 26.6 Å². The molecule has 0 saturated heterocycles. The first-order chi connectivity index (χ1) is 21.2. The molecule has 0 saturated carbocycles. The summed E-state index contributed by atoms with van der Waals surface area (Å²) in [5, 5.41) is 47.4. The van der Waals surface area contributed by atoms with Crippen molar-refractivity contribution < 1.29 is 44.1 Å². The van der Waals surface area contributed by atoms with Crippen LogP contribution in [-0.2, 0) is 35.2 Å². The molecule has 0 bridgehead atoms. The monoisotopic (exact) mass is 637 g/mol. The molecule has 0 unspecified atom stereocenters. The maximum atomic E-state index is 13.2. The highest BCUT2D eigenvalue weighted by molar-refractivity contribution is 5.96. The molecule has 0 aliphatic rings. The van der Waals surface area contributed by atoms with Crippen molar-refractivity contribution in [3.63, 3.8) is 0 Å². The second kappa shape index (κ2) is 20.1. The number of amides is 4.